The van der Waals surface area contributed by atoms with Crippen molar-refractivity contribution in [2.75, 3.05) is 19.7 Å². The first-order chi connectivity index (χ1) is 9.70. The fourth-order valence-electron chi connectivity index (χ4n) is 2.88. The van der Waals surface area contributed by atoms with Crippen LogP contribution >= 0.6 is 11.6 Å². The lowest BCUT2D eigenvalue weighted by Crippen LogP contribution is -2.32. The number of piperidine rings is 1. The van der Waals surface area contributed by atoms with Crippen molar-refractivity contribution in [3.63, 3.8) is 0 Å². The van der Waals surface area contributed by atoms with Crippen LogP contribution in [0.3, 0.4) is 0 Å². The Labute approximate surface area is 123 Å². The SMILES string of the molecule is CCCOc1ccc(Cl)cc1C(=O)NC1[C@H]2CNC[C@@H]12. The van der Waals surface area contributed by atoms with Gasteiger partial charge in [0, 0.05) is 24.2 Å². The molecule has 1 aromatic rings. The maximum absolute atomic E-state index is 12.4. The number of fused-ring (bicyclic) bond motifs is 1. The van der Waals surface area contributed by atoms with Crippen molar-refractivity contribution in [2.24, 2.45) is 11.8 Å². The van der Waals surface area contributed by atoms with Crippen LogP contribution in [0.5, 0.6) is 5.75 Å². The summed E-state index contributed by atoms with van der Waals surface area (Å²) in [6, 6.07) is 5.50. The molecule has 2 N–H and O–H groups in total. The van der Waals surface area contributed by atoms with Gasteiger partial charge in [0.25, 0.3) is 5.91 Å². The summed E-state index contributed by atoms with van der Waals surface area (Å²) in [6.07, 6.45) is 0.905. The Morgan fingerprint density at radius 2 is 2.20 bits per heavy atom. The van der Waals surface area contributed by atoms with Crippen molar-refractivity contribution in [2.45, 2.75) is 19.4 Å². The molecule has 3 rings (SSSR count). The van der Waals surface area contributed by atoms with Crippen molar-refractivity contribution < 1.29 is 9.53 Å². The van der Waals surface area contributed by atoms with E-state index in [1.807, 2.05) is 6.92 Å². The highest BCUT2D eigenvalue weighted by Gasteiger charge is 2.53. The number of benzene rings is 1. The Hall–Kier alpha value is -1.26. The van der Waals surface area contributed by atoms with Crippen LogP contribution in [0.1, 0.15) is 23.7 Å². The molecule has 20 heavy (non-hydrogen) atoms. The van der Waals surface area contributed by atoms with Gasteiger partial charge < -0.3 is 15.4 Å². The summed E-state index contributed by atoms with van der Waals surface area (Å²) in [5.41, 5.74) is 0.531. The number of carbonyl (C=O) groups is 1. The molecule has 1 saturated carbocycles. The molecule has 2 aliphatic rings. The minimum Gasteiger partial charge on any atom is -0.493 e. The summed E-state index contributed by atoms with van der Waals surface area (Å²) in [5.74, 6) is 1.71. The predicted molar refractivity (Wildman–Crippen MR) is 78.3 cm³/mol. The van der Waals surface area contributed by atoms with E-state index in [1.165, 1.54) is 0 Å². The zero-order valence-electron chi connectivity index (χ0n) is 11.5. The highest BCUT2D eigenvalue weighted by Crippen LogP contribution is 2.42. The molecule has 1 unspecified atom stereocenters. The number of ether oxygens (including phenoxy) is 1. The predicted octanol–water partition coefficient (Wildman–Crippen LogP) is 2.08. The summed E-state index contributed by atoms with van der Waals surface area (Å²) in [7, 11) is 0. The average Bonchev–Trinajstić information content (AvgIpc) is 2.88. The minimum atomic E-state index is -0.0852. The van der Waals surface area contributed by atoms with Gasteiger partial charge in [0.1, 0.15) is 5.75 Å². The molecule has 0 bridgehead atoms. The zero-order valence-corrected chi connectivity index (χ0v) is 12.2. The molecule has 1 aliphatic carbocycles. The molecular weight excluding hydrogens is 276 g/mol. The molecule has 2 fully saturated rings. The molecule has 1 aliphatic heterocycles. The lowest BCUT2D eigenvalue weighted by Gasteiger charge is -2.12. The quantitative estimate of drug-likeness (QED) is 0.874. The molecular formula is C15H19ClN2O2. The van der Waals surface area contributed by atoms with Crippen molar-refractivity contribution in [1.29, 1.82) is 0 Å². The number of amides is 1. The Morgan fingerprint density at radius 3 is 2.90 bits per heavy atom. The van der Waals surface area contributed by atoms with Crippen LogP contribution in [0.4, 0.5) is 0 Å². The maximum atomic E-state index is 12.4. The molecule has 1 saturated heterocycles. The lowest BCUT2D eigenvalue weighted by molar-refractivity contribution is 0.0942. The van der Waals surface area contributed by atoms with Crippen LogP contribution in [0, 0.1) is 11.8 Å². The molecule has 1 amide bonds. The Balaban J connectivity index is 1.71. The monoisotopic (exact) mass is 294 g/mol. The molecule has 0 aromatic heterocycles. The highest BCUT2D eigenvalue weighted by atomic mass is 35.5. The van der Waals surface area contributed by atoms with Crippen LogP contribution in [0.25, 0.3) is 0 Å². The van der Waals surface area contributed by atoms with Gasteiger partial charge in [-0.3, -0.25) is 4.79 Å². The van der Waals surface area contributed by atoms with Crippen LogP contribution < -0.4 is 15.4 Å². The summed E-state index contributed by atoms with van der Waals surface area (Å²) >= 11 is 6.00. The molecule has 3 atom stereocenters. The molecule has 1 aromatic carbocycles. The van der Waals surface area contributed by atoms with Crippen LogP contribution in [0.15, 0.2) is 18.2 Å². The van der Waals surface area contributed by atoms with E-state index in [0.717, 1.165) is 19.5 Å². The fraction of sp³-hybridized carbons (Fsp3) is 0.533. The largest absolute Gasteiger partial charge is 0.493 e. The Kier molecular flexibility index (Phi) is 3.85. The average molecular weight is 295 g/mol. The van der Waals surface area contributed by atoms with E-state index in [2.05, 4.69) is 10.6 Å². The highest BCUT2D eigenvalue weighted by molar-refractivity contribution is 6.31. The van der Waals surface area contributed by atoms with Gasteiger partial charge in [-0.2, -0.15) is 0 Å². The third kappa shape index (κ3) is 2.63. The van der Waals surface area contributed by atoms with Gasteiger partial charge >= 0.3 is 0 Å². The third-order valence-corrected chi connectivity index (χ3v) is 4.27. The summed E-state index contributed by atoms with van der Waals surface area (Å²) in [5, 5.41) is 6.97. The molecule has 0 spiro atoms. The van der Waals surface area contributed by atoms with E-state index in [0.29, 0.717) is 40.8 Å². The van der Waals surface area contributed by atoms with Crippen molar-refractivity contribution in [3.8, 4) is 5.75 Å². The third-order valence-electron chi connectivity index (χ3n) is 4.04. The van der Waals surface area contributed by atoms with E-state index >= 15 is 0 Å². The number of hydrogen-bond acceptors (Lipinski definition) is 3. The first kappa shape index (κ1) is 13.7. The first-order valence-electron chi connectivity index (χ1n) is 7.14. The number of carbonyl (C=O) groups excluding carboxylic acids is 1. The summed E-state index contributed by atoms with van der Waals surface area (Å²) in [4.78, 5) is 12.4. The van der Waals surface area contributed by atoms with Gasteiger partial charge in [0.2, 0.25) is 0 Å². The Morgan fingerprint density at radius 1 is 1.45 bits per heavy atom. The Bertz CT molecular complexity index is 511. The van der Waals surface area contributed by atoms with Gasteiger partial charge in [-0.25, -0.2) is 0 Å². The van der Waals surface area contributed by atoms with Crippen LogP contribution in [-0.2, 0) is 0 Å². The van der Waals surface area contributed by atoms with Gasteiger partial charge in [0.05, 0.1) is 12.2 Å². The molecule has 0 radical (unpaired) electrons. The zero-order chi connectivity index (χ0) is 14.1. The van der Waals surface area contributed by atoms with Crippen molar-refractivity contribution >= 4 is 17.5 Å². The topological polar surface area (TPSA) is 50.4 Å². The van der Waals surface area contributed by atoms with E-state index in [-0.39, 0.29) is 5.91 Å². The van der Waals surface area contributed by atoms with Gasteiger partial charge in [-0.15, -0.1) is 0 Å². The van der Waals surface area contributed by atoms with Crippen LogP contribution in [0.2, 0.25) is 5.02 Å². The minimum absolute atomic E-state index is 0.0852. The first-order valence-corrected chi connectivity index (χ1v) is 7.52. The smallest absolute Gasteiger partial charge is 0.255 e. The number of nitrogens with one attached hydrogen (secondary N) is 2. The van der Waals surface area contributed by atoms with E-state index in [1.54, 1.807) is 18.2 Å². The van der Waals surface area contributed by atoms with Gasteiger partial charge in [-0.1, -0.05) is 18.5 Å². The van der Waals surface area contributed by atoms with E-state index < -0.39 is 0 Å². The second kappa shape index (κ2) is 5.62. The maximum Gasteiger partial charge on any atom is 0.255 e. The van der Waals surface area contributed by atoms with E-state index in [9.17, 15) is 4.79 Å². The normalized spacial score (nSPS) is 27.0. The fourth-order valence-corrected chi connectivity index (χ4v) is 3.05. The van der Waals surface area contributed by atoms with Gasteiger partial charge in [0.15, 0.2) is 0 Å². The number of hydrogen-bond donors (Lipinski definition) is 2. The van der Waals surface area contributed by atoms with E-state index in [4.69, 9.17) is 16.3 Å². The molecule has 4 nitrogen and oxygen atoms in total. The summed E-state index contributed by atoms with van der Waals surface area (Å²) in [6.45, 7) is 4.64. The molecule has 5 heteroatoms. The van der Waals surface area contributed by atoms with Crippen molar-refractivity contribution in [1.82, 2.24) is 10.6 Å². The van der Waals surface area contributed by atoms with Crippen molar-refractivity contribution in [3.05, 3.63) is 28.8 Å². The second-order valence-electron chi connectivity index (χ2n) is 5.47. The number of rotatable bonds is 5. The molecule has 108 valence electrons. The van der Waals surface area contributed by atoms with Gasteiger partial charge in [-0.05, 0) is 36.5 Å². The second-order valence-corrected chi connectivity index (χ2v) is 5.91. The standard InChI is InChI=1S/C15H19ClN2O2/c1-2-5-20-13-4-3-9(16)6-10(13)15(19)18-14-11-7-17-8-12(11)14/h3-4,6,11-12,14,17H,2,5,7-8H2,1H3,(H,18,19)/t11-,12+,14?. The molecule has 1 heterocycles. The summed E-state index contributed by atoms with van der Waals surface area (Å²) < 4.78 is 5.63. The lowest BCUT2D eigenvalue weighted by atomic mass is 10.2. The van der Waals surface area contributed by atoms with Crippen LogP contribution in [-0.4, -0.2) is 31.6 Å². The number of halogens is 1.